The minimum atomic E-state index is 1.06. The minimum Gasteiger partial charge on any atom is -0.378 e. The highest BCUT2D eigenvalue weighted by molar-refractivity contribution is 7.22. The molecule has 1 aliphatic heterocycles. The van der Waals surface area contributed by atoms with Gasteiger partial charge < -0.3 is 9.80 Å². The standard InChI is InChI=1S/C21H29N4S/c1-8-9-14-12-17-21(20(25(6)7)19(14)24(4)5)26-18-13-15(23(2)3)10-11-16(18)22-17/h10-13H,8-9H2,1-7H3/q+1. The summed E-state index contributed by atoms with van der Waals surface area (Å²) < 4.78 is 3.46. The van der Waals surface area contributed by atoms with E-state index in [0.29, 0.717) is 0 Å². The Labute approximate surface area is 160 Å². The first-order valence-corrected chi connectivity index (χ1v) is 9.90. The van der Waals surface area contributed by atoms with Crippen molar-refractivity contribution in [3.05, 3.63) is 35.2 Å². The van der Waals surface area contributed by atoms with E-state index < -0.39 is 0 Å². The molecule has 4 nitrogen and oxygen atoms in total. The molecule has 0 aromatic heterocycles. The van der Waals surface area contributed by atoms with Crippen molar-refractivity contribution in [2.24, 2.45) is 0 Å². The van der Waals surface area contributed by atoms with Crippen LogP contribution in [-0.4, -0.2) is 47.3 Å². The molecule has 0 fully saturated rings. The largest absolute Gasteiger partial charge is 0.378 e. The summed E-state index contributed by atoms with van der Waals surface area (Å²) in [6.07, 6.45) is 2.19. The van der Waals surface area contributed by atoms with Crippen molar-refractivity contribution in [2.45, 2.75) is 19.8 Å². The highest BCUT2D eigenvalue weighted by Crippen LogP contribution is 2.37. The fourth-order valence-corrected chi connectivity index (χ4v) is 4.64. The van der Waals surface area contributed by atoms with E-state index in [-0.39, 0.29) is 0 Å². The van der Waals surface area contributed by atoms with Crippen LogP contribution >= 0.6 is 11.3 Å². The van der Waals surface area contributed by atoms with Crippen LogP contribution in [0.15, 0.2) is 24.3 Å². The second-order valence-corrected chi connectivity index (χ2v) is 8.43. The smallest absolute Gasteiger partial charge is 0.227 e. The van der Waals surface area contributed by atoms with Crippen LogP contribution in [0.1, 0.15) is 18.9 Å². The predicted octanol–water partition coefficient (Wildman–Crippen LogP) is 3.52. The fraction of sp³-hybridized carbons (Fsp3) is 0.429. The first-order chi connectivity index (χ1) is 12.3. The maximum Gasteiger partial charge on any atom is 0.227 e. The molecule has 0 amide bonds. The molecule has 1 aliphatic carbocycles. The lowest BCUT2D eigenvalue weighted by molar-refractivity contribution is 0.781. The van der Waals surface area contributed by atoms with E-state index in [0.717, 1.165) is 24.1 Å². The molecule has 1 aromatic rings. The van der Waals surface area contributed by atoms with Crippen molar-refractivity contribution in [1.29, 1.82) is 0 Å². The Hall–Kier alpha value is -2.14. The SMILES string of the molecule is CCCc1cc2nc3ccc(N(C)C)cc3sc-2c(N(C)C)c1=[N+](C)C. The zero-order chi connectivity index (χ0) is 19.0. The average Bonchev–Trinajstić information content (AvgIpc) is 2.58. The highest BCUT2D eigenvalue weighted by atomic mass is 32.1. The summed E-state index contributed by atoms with van der Waals surface area (Å²) in [5, 5.41) is 1.31. The molecule has 0 radical (unpaired) electrons. The Morgan fingerprint density at radius 1 is 1.04 bits per heavy atom. The summed E-state index contributed by atoms with van der Waals surface area (Å²) >= 11 is 1.84. The van der Waals surface area contributed by atoms with Gasteiger partial charge in [-0.15, -0.1) is 11.3 Å². The molecule has 0 saturated heterocycles. The van der Waals surface area contributed by atoms with Crippen LogP contribution in [0.4, 0.5) is 11.4 Å². The van der Waals surface area contributed by atoms with E-state index in [1.165, 1.54) is 31.9 Å². The van der Waals surface area contributed by atoms with Crippen LogP contribution in [0, 0.1) is 0 Å². The zero-order valence-electron chi connectivity index (χ0n) is 16.9. The maximum absolute atomic E-state index is 5.01. The second-order valence-electron chi connectivity index (χ2n) is 7.38. The van der Waals surface area contributed by atoms with E-state index in [1.807, 2.05) is 11.3 Å². The summed E-state index contributed by atoms with van der Waals surface area (Å²) in [4.78, 5) is 10.6. The fourth-order valence-electron chi connectivity index (χ4n) is 3.43. The van der Waals surface area contributed by atoms with Crippen LogP contribution in [0.2, 0.25) is 0 Å². The number of nitrogens with zero attached hydrogens (tertiary/aromatic N) is 4. The van der Waals surface area contributed by atoms with Crippen molar-refractivity contribution in [1.82, 2.24) is 9.56 Å². The van der Waals surface area contributed by atoms with Crippen LogP contribution in [0.3, 0.4) is 0 Å². The van der Waals surface area contributed by atoms with Crippen LogP contribution in [-0.2, 0) is 6.42 Å². The van der Waals surface area contributed by atoms with E-state index in [9.17, 15) is 0 Å². The Kier molecular flexibility index (Phi) is 5.19. The topological polar surface area (TPSA) is 22.4 Å². The molecule has 2 aliphatic rings. The lowest BCUT2D eigenvalue weighted by atomic mass is 10.0. The molecule has 1 heterocycles. The molecule has 1 aromatic carbocycles. The third kappa shape index (κ3) is 3.28. The van der Waals surface area contributed by atoms with Gasteiger partial charge in [-0.1, -0.05) is 13.3 Å². The van der Waals surface area contributed by atoms with E-state index in [2.05, 4.69) is 87.9 Å². The third-order valence-corrected chi connectivity index (χ3v) is 5.77. The first kappa shape index (κ1) is 18.6. The van der Waals surface area contributed by atoms with Gasteiger partial charge in [0.05, 0.1) is 20.8 Å². The van der Waals surface area contributed by atoms with Crippen molar-refractivity contribution in [3.63, 3.8) is 0 Å². The molecule has 26 heavy (non-hydrogen) atoms. The van der Waals surface area contributed by atoms with E-state index in [4.69, 9.17) is 4.98 Å². The predicted molar refractivity (Wildman–Crippen MR) is 116 cm³/mol. The maximum atomic E-state index is 5.01. The Morgan fingerprint density at radius 2 is 1.77 bits per heavy atom. The van der Waals surface area contributed by atoms with Crippen molar-refractivity contribution in [3.8, 4) is 10.6 Å². The number of hydrogen-bond donors (Lipinski definition) is 0. The highest BCUT2D eigenvalue weighted by Gasteiger charge is 2.22. The van der Waals surface area contributed by atoms with Gasteiger partial charge in [0.15, 0.2) is 0 Å². The molecule has 0 saturated carbocycles. The molecule has 0 atom stereocenters. The molecule has 5 heteroatoms. The summed E-state index contributed by atoms with van der Waals surface area (Å²) in [5.41, 5.74) is 6.01. The van der Waals surface area contributed by atoms with Gasteiger partial charge in [-0.2, -0.15) is 0 Å². The molecule has 138 valence electrons. The summed E-state index contributed by atoms with van der Waals surface area (Å²) in [5.74, 6) is 0. The normalized spacial score (nSPS) is 11.2. The lowest BCUT2D eigenvalue weighted by Crippen LogP contribution is -2.33. The summed E-state index contributed by atoms with van der Waals surface area (Å²) in [6, 6.07) is 8.80. The molecule has 0 N–H and O–H groups in total. The van der Waals surface area contributed by atoms with Gasteiger partial charge >= 0.3 is 0 Å². The zero-order valence-corrected chi connectivity index (χ0v) is 17.7. The molecule has 0 unspecified atom stereocenters. The molecule has 0 spiro atoms. The molecular weight excluding hydrogens is 340 g/mol. The van der Waals surface area contributed by atoms with Gasteiger partial charge in [0.2, 0.25) is 5.36 Å². The number of hydrogen-bond acceptors (Lipinski definition) is 4. The minimum absolute atomic E-state index is 1.06. The van der Waals surface area contributed by atoms with Gasteiger partial charge in [0.1, 0.15) is 19.8 Å². The van der Waals surface area contributed by atoms with Crippen molar-refractivity contribution in [2.75, 3.05) is 52.1 Å². The molecule has 3 rings (SSSR count). The van der Waals surface area contributed by atoms with Crippen LogP contribution in [0.25, 0.3) is 20.8 Å². The number of rotatable bonds is 4. The van der Waals surface area contributed by atoms with Gasteiger partial charge in [-0.3, -0.25) is 0 Å². The van der Waals surface area contributed by atoms with Crippen molar-refractivity contribution >= 4 is 32.9 Å². The number of aryl methyl sites for hydroxylation is 1. The quantitative estimate of drug-likeness (QED) is 0.519. The second kappa shape index (κ2) is 7.23. The average molecular weight is 370 g/mol. The monoisotopic (exact) mass is 369 g/mol. The number of anilines is 2. The van der Waals surface area contributed by atoms with Gasteiger partial charge in [0.25, 0.3) is 0 Å². The van der Waals surface area contributed by atoms with Crippen molar-refractivity contribution < 1.29 is 0 Å². The Bertz CT molecular complexity index is 981. The van der Waals surface area contributed by atoms with Gasteiger partial charge in [0, 0.05) is 39.4 Å². The first-order valence-electron chi connectivity index (χ1n) is 9.09. The summed E-state index contributed by atoms with van der Waals surface area (Å²) in [6.45, 7) is 2.23. The van der Waals surface area contributed by atoms with Crippen LogP contribution in [0.5, 0.6) is 0 Å². The molecular formula is C21H29N4S+. The summed E-state index contributed by atoms with van der Waals surface area (Å²) in [7, 11) is 12.7. The number of aromatic nitrogens is 1. The number of fused-ring (bicyclic) bond motifs is 2. The molecule has 0 bridgehead atoms. The van der Waals surface area contributed by atoms with E-state index in [1.54, 1.807) is 0 Å². The Morgan fingerprint density at radius 3 is 2.35 bits per heavy atom. The third-order valence-electron chi connectivity index (χ3n) is 4.61. The van der Waals surface area contributed by atoms with E-state index >= 15 is 0 Å². The van der Waals surface area contributed by atoms with Gasteiger partial charge in [-0.05, 0) is 30.7 Å². The van der Waals surface area contributed by atoms with Crippen LogP contribution < -0.4 is 19.7 Å². The number of benzene rings is 2. The van der Waals surface area contributed by atoms with Gasteiger partial charge in [-0.25, -0.2) is 9.56 Å². The Balaban J connectivity index is 2.45. The lowest BCUT2D eigenvalue weighted by Gasteiger charge is -2.20.